The molecule has 2 N–H and O–H groups in total. The van der Waals surface area contributed by atoms with E-state index in [9.17, 15) is 9.90 Å². The van der Waals surface area contributed by atoms with E-state index < -0.39 is 0 Å². The number of aryl methyl sites for hydroxylation is 1. The molecule has 0 aliphatic carbocycles. The van der Waals surface area contributed by atoms with Crippen LogP contribution in [0, 0.1) is 13.8 Å². The minimum absolute atomic E-state index is 0.212. The molecule has 2 aromatic heterocycles. The lowest BCUT2D eigenvalue weighted by Crippen LogP contribution is -2.12. The van der Waals surface area contributed by atoms with Crippen molar-refractivity contribution in [1.29, 1.82) is 0 Å². The number of aromatic amines is 1. The van der Waals surface area contributed by atoms with Crippen molar-refractivity contribution in [3.05, 3.63) is 51.9 Å². The van der Waals surface area contributed by atoms with Gasteiger partial charge in [-0.15, -0.1) is 0 Å². The van der Waals surface area contributed by atoms with Crippen LogP contribution in [0.4, 0.5) is 0 Å². The van der Waals surface area contributed by atoms with E-state index in [-0.39, 0.29) is 17.0 Å². The Balaban J connectivity index is 2.37. The Bertz CT molecular complexity index is 869. The SMILES string of the molecule is Cc1cc(-c2nc(O)c(C)c(=O)[nH]2)c2ccccc2n1. The molecular formula is C15H13N3O2. The number of aromatic nitrogens is 3. The van der Waals surface area contributed by atoms with Gasteiger partial charge in [0, 0.05) is 16.6 Å². The monoisotopic (exact) mass is 267 g/mol. The van der Waals surface area contributed by atoms with E-state index in [1.165, 1.54) is 6.92 Å². The highest BCUT2D eigenvalue weighted by Crippen LogP contribution is 2.26. The number of rotatable bonds is 1. The second-order valence-corrected chi connectivity index (χ2v) is 4.69. The maximum absolute atomic E-state index is 11.8. The standard InChI is InChI=1S/C15H13N3O2/c1-8-7-11(10-5-3-4-6-12(10)16-8)13-17-14(19)9(2)15(20)18-13/h3-7H,1-2H3,(H2,17,18,19,20). The molecule has 5 nitrogen and oxygen atoms in total. The third-order valence-electron chi connectivity index (χ3n) is 3.23. The summed E-state index contributed by atoms with van der Waals surface area (Å²) in [5, 5.41) is 10.6. The summed E-state index contributed by atoms with van der Waals surface area (Å²) in [6.45, 7) is 3.41. The molecule has 3 rings (SSSR count). The van der Waals surface area contributed by atoms with Crippen LogP contribution in [0.25, 0.3) is 22.3 Å². The Hall–Kier alpha value is -2.69. The minimum atomic E-state index is -0.342. The molecule has 0 unspecified atom stereocenters. The summed E-state index contributed by atoms with van der Waals surface area (Å²) in [6, 6.07) is 9.46. The van der Waals surface area contributed by atoms with E-state index in [2.05, 4.69) is 15.0 Å². The molecule has 0 atom stereocenters. The molecule has 100 valence electrons. The van der Waals surface area contributed by atoms with Crippen LogP contribution in [0.5, 0.6) is 5.88 Å². The van der Waals surface area contributed by atoms with Crippen molar-refractivity contribution in [2.24, 2.45) is 0 Å². The first-order valence-corrected chi connectivity index (χ1v) is 6.23. The molecule has 0 bridgehead atoms. The fraction of sp³-hybridized carbons (Fsp3) is 0.133. The van der Waals surface area contributed by atoms with E-state index in [0.717, 1.165) is 22.2 Å². The summed E-state index contributed by atoms with van der Waals surface area (Å²) in [5.74, 6) is 0.0992. The number of fused-ring (bicyclic) bond motifs is 1. The van der Waals surface area contributed by atoms with Gasteiger partial charge in [-0.25, -0.2) is 0 Å². The zero-order valence-electron chi connectivity index (χ0n) is 11.1. The Morgan fingerprint density at radius 2 is 1.90 bits per heavy atom. The predicted octanol–water partition coefficient (Wildman–Crippen LogP) is 2.31. The molecule has 2 heterocycles. The van der Waals surface area contributed by atoms with Crippen LogP contribution in [-0.4, -0.2) is 20.1 Å². The van der Waals surface area contributed by atoms with Gasteiger partial charge in [0.05, 0.1) is 11.1 Å². The van der Waals surface area contributed by atoms with Crippen LogP contribution in [0.2, 0.25) is 0 Å². The van der Waals surface area contributed by atoms with Gasteiger partial charge < -0.3 is 10.1 Å². The highest BCUT2D eigenvalue weighted by molar-refractivity contribution is 5.92. The number of nitrogens with zero attached hydrogens (tertiary/aromatic N) is 2. The first-order valence-electron chi connectivity index (χ1n) is 6.23. The number of pyridine rings is 1. The second kappa shape index (κ2) is 4.45. The number of hydrogen-bond acceptors (Lipinski definition) is 4. The Morgan fingerprint density at radius 1 is 1.15 bits per heavy atom. The molecule has 20 heavy (non-hydrogen) atoms. The Morgan fingerprint density at radius 3 is 2.65 bits per heavy atom. The zero-order valence-corrected chi connectivity index (χ0v) is 11.1. The van der Waals surface area contributed by atoms with Gasteiger partial charge in [-0.1, -0.05) is 18.2 Å². The largest absolute Gasteiger partial charge is 0.493 e. The Labute approximate surface area is 115 Å². The highest BCUT2D eigenvalue weighted by Gasteiger charge is 2.11. The van der Waals surface area contributed by atoms with Crippen molar-refractivity contribution >= 4 is 10.9 Å². The molecule has 0 fully saturated rings. The molecule has 5 heteroatoms. The fourth-order valence-corrected chi connectivity index (χ4v) is 2.15. The molecule has 0 saturated carbocycles. The lowest BCUT2D eigenvalue weighted by atomic mass is 10.1. The van der Waals surface area contributed by atoms with Gasteiger partial charge in [-0.2, -0.15) is 4.98 Å². The van der Waals surface area contributed by atoms with Crippen molar-refractivity contribution in [3.8, 4) is 17.3 Å². The molecule has 0 spiro atoms. The van der Waals surface area contributed by atoms with Crippen LogP contribution in [-0.2, 0) is 0 Å². The molecule has 0 radical (unpaired) electrons. The molecule has 0 saturated heterocycles. The molecule has 0 aliphatic rings. The van der Waals surface area contributed by atoms with Gasteiger partial charge in [0.25, 0.3) is 5.56 Å². The van der Waals surface area contributed by atoms with Crippen LogP contribution in [0.1, 0.15) is 11.3 Å². The summed E-state index contributed by atoms with van der Waals surface area (Å²) in [5.41, 5.74) is 2.27. The van der Waals surface area contributed by atoms with E-state index in [0.29, 0.717) is 5.82 Å². The number of H-pyrrole nitrogens is 1. The summed E-state index contributed by atoms with van der Waals surface area (Å²) >= 11 is 0. The molecular weight excluding hydrogens is 254 g/mol. The van der Waals surface area contributed by atoms with Crippen molar-refractivity contribution in [1.82, 2.24) is 15.0 Å². The van der Waals surface area contributed by atoms with Gasteiger partial charge in [0.1, 0.15) is 5.82 Å². The van der Waals surface area contributed by atoms with E-state index >= 15 is 0 Å². The van der Waals surface area contributed by atoms with Crippen molar-refractivity contribution in [2.45, 2.75) is 13.8 Å². The normalized spacial score (nSPS) is 10.9. The maximum atomic E-state index is 11.8. The molecule has 1 aromatic carbocycles. The van der Waals surface area contributed by atoms with Crippen LogP contribution >= 0.6 is 0 Å². The maximum Gasteiger partial charge on any atom is 0.257 e. The van der Waals surface area contributed by atoms with Gasteiger partial charge in [0.15, 0.2) is 0 Å². The number of benzene rings is 1. The van der Waals surface area contributed by atoms with Crippen LogP contribution in [0.3, 0.4) is 0 Å². The van der Waals surface area contributed by atoms with E-state index in [4.69, 9.17) is 0 Å². The average Bonchev–Trinajstić information content (AvgIpc) is 2.43. The third-order valence-corrected chi connectivity index (χ3v) is 3.23. The van der Waals surface area contributed by atoms with Crippen LogP contribution < -0.4 is 5.56 Å². The van der Waals surface area contributed by atoms with Gasteiger partial charge in [-0.05, 0) is 26.0 Å². The van der Waals surface area contributed by atoms with Gasteiger partial charge in [-0.3, -0.25) is 9.78 Å². The number of aromatic hydroxyl groups is 1. The number of nitrogens with one attached hydrogen (secondary N) is 1. The highest BCUT2D eigenvalue weighted by atomic mass is 16.3. The summed E-state index contributed by atoms with van der Waals surface area (Å²) in [4.78, 5) is 23.0. The van der Waals surface area contributed by atoms with Crippen molar-refractivity contribution in [2.75, 3.05) is 0 Å². The zero-order chi connectivity index (χ0) is 14.3. The quantitative estimate of drug-likeness (QED) is 0.709. The van der Waals surface area contributed by atoms with Crippen molar-refractivity contribution in [3.63, 3.8) is 0 Å². The topological polar surface area (TPSA) is 78.9 Å². The third kappa shape index (κ3) is 1.93. The first-order chi connectivity index (χ1) is 9.56. The second-order valence-electron chi connectivity index (χ2n) is 4.69. The fourth-order valence-electron chi connectivity index (χ4n) is 2.15. The van der Waals surface area contributed by atoms with E-state index in [1.807, 2.05) is 37.3 Å². The Kier molecular flexibility index (Phi) is 2.75. The average molecular weight is 267 g/mol. The van der Waals surface area contributed by atoms with Crippen LogP contribution in [0.15, 0.2) is 35.1 Å². The van der Waals surface area contributed by atoms with E-state index in [1.54, 1.807) is 0 Å². The van der Waals surface area contributed by atoms with Gasteiger partial charge >= 0.3 is 0 Å². The predicted molar refractivity (Wildman–Crippen MR) is 76.7 cm³/mol. The lowest BCUT2D eigenvalue weighted by molar-refractivity contribution is 0.447. The lowest BCUT2D eigenvalue weighted by Gasteiger charge is -2.08. The smallest absolute Gasteiger partial charge is 0.257 e. The number of hydrogen-bond donors (Lipinski definition) is 2. The molecule has 0 aliphatic heterocycles. The van der Waals surface area contributed by atoms with Crippen molar-refractivity contribution < 1.29 is 5.11 Å². The van der Waals surface area contributed by atoms with Gasteiger partial charge in [0.2, 0.25) is 5.88 Å². The minimum Gasteiger partial charge on any atom is -0.493 e. The summed E-state index contributed by atoms with van der Waals surface area (Å²) in [7, 11) is 0. The molecule has 0 amide bonds. The first kappa shape index (κ1) is 12.3. The molecule has 3 aromatic rings. The number of para-hydroxylation sites is 1. The summed E-state index contributed by atoms with van der Waals surface area (Å²) < 4.78 is 0. The summed E-state index contributed by atoms with van der Waals surface area (Å²) in [6.07, 6.45) is 0.